The average molecular weight is 406 g/mol. The van der Waals surface area contributed by atoms with Gasteiger partial charge in [-0.15, -0.1) is 0 Å². The molecule has 1 saturated carbocycles. The number of nitriles is 1. The fraction of sp³-hybridized carbons (Fsp3) is 0.182. The maximum Gasteiger partial charge on any atom is 0.331 e. The standard InChI is InChI=1S/C22H18N2O4S/c1-13-3-6-16(7-4-13)29(27,28)24-12-20(18-10-17(18)14(2)22(25)26)19-9-15(11-23)5-8-21(19)24/h3-9,12,17-18H,2,10H2,1H3,(H,25,26)/t17-,18-/m0/s1. The number of carboxylic acid groups (broad SMARTS) is 1. The van der Waals surface area contributed by atoms with Crippen LogP contribution in [0.25, 0.3) is 10.9 Å². The van der Waals surface area contributed by atoms with Crippen molar-refractivity contribution >= 4 is 26.9 Å². The summed E-state index contributed by atoms with van der Waals surface area (Å²) in [5.74, 6) is -1.42. The summed E-state index contributed by atoms with van der Waals surface area (Å²) in [5.41, 5.74) is 2.67. The Morgan fingerprint density at radius 1 is 1.24 bits per heavy atom. The van der Waals surface area contributed by atoms with Gasteiger partial charge >= 0.3 is 5.97 Å². The van der Waals surface area contributed by atoms with Crippen molar-refractivity contribution < 1.29 is 18.3 Å². The quantitative estimate of drug-likeness (QED) is 0.650. The Morgan fingerprint density at radius 2 is 1.93 bits per heavy atom. The number of hydrogen-bond donors (Lipinski definition) is 1. The molecule has 29 heavy (non-hydrogen) atoms. The highest BCUT2D eigenvalue weighted by Crippen LogP contribution is 2.53. The maximum absolute atomic E-state index is 13.3. The van der Waals surface area contributed by atoms with E-state index < -0.39 is 16.0 Å². The Kier molecular flexibility index (Phi) is 4.32. The van der Waals surface area contributed by atoms with Crippen LogP contribution >= 0.6 is 0 Å². The number of aryl methyl sites for hydroxylation is 1. The van der Waals surface area contributed by atoms with Crippen molar-refractivity contribution in [3.63, 3.8) is 0 Å². The third-order valence-corrected chi connectivity index (χ3v) is 7.11. The zero-order chi connectivity index (χ0) is 20.9. The molecule has 4 rings (SSSR count). The van der Waals surface area contributed by atoms with Crippen LogP contribution in [0.4, 0.5) is 0 Å². The first kappa shape index (κ1) is 19.0. The van der Waals surface area contributed by atoms with E-state index in [9.17, 15) is 23.6 Å². The van der Waals surface area contributed by atoms with Crippen LogP contribution < -0.4 is 0 Å². The lowest BCUT2D eigenvalue weighted by molar-refractivity contribution is -0.132. The molecule has 0 aliphatic heterocycles. The van der Waals surface area contributed by atoms with Gasteiger partial charge in [0.2, 0.25) is 0 Å². The molecule has 0 amide bonds. The van der Waals surface area contributed by atoms with E-state index >= 15 is 0 Å². The van der Waals surface area contributed by atoms with Crippen LogP contribution in [-0.4, -0.2) is 23.5 Å². The number of aromatic nitrogens is 1. The number of aliphatic carboxylic acids is 1. The molecule has 1 aromatic heterocycles. The Hall–Kier alpha value is -3.37. The van der Waals surface area contributed by atoms with Gasteiger partial charge in [0.15, 0.2) is 0 Å². The first-order valence-electron chi connectivity index (χ1n) is 9.03. The zero-order valence-corrected chi connectivity index (χ0v) is 16.5. The minimum atomic E-state index is -3.85. The number of carbonyl (C=O) groups is 1. The third kappa shape index (κ3) is 3.12. The number of fused-ring (bicyclic) bond motifs is 1. The molecule has 0 radical (unpaired) electrons. The van der Waals surface area contributed by atoms with Gasteiger partial charge in [-0.2, -0.15) is 5.26 Å². The van der Waals surface area contributed by atoms with Crippen LogP contribution in [0.5, 0.6) is 0 Å². The van der Waals surface area contributed by atoms with Gasteiger partial charge in [-0.25, -0.2) is 17.2 Å². The van der Waals surface area contributed by atoms with Crippen molar-refractivity contribution in [1.29, 1.82) is 5.26 Å². The second-order valence-electron chi connectivity index (χ2n) is 7.32. The van der Waals surface area contributed by atoms with Crippen LogP contribution in [0.2, 0.25) is 0 Å². The minimum absolute atomic E-state index is 0.119. The highest BCUT2D eigenvalue weighted by atomic mass is 32.2. The molecule has 0 bridgehead atoms. The van der Waals surface area contributed by atoms with Gasteiger partial charge in [0.1, 0.15) is 0 Å². The van der Waals surface area contributed by atoms with E-state index in [-0.39, 0.29) is 22.3 Å². The second-order valence-corrected chi connectivity index (χ2v) is 9.14. The van der Waals surface area contributed by atoms with Gasteiger partial charge in [-0.05, 0) is 61.1 Å². The number of nitrogens with zero attached hydrogens (tertiary/aromatic N) is 2. The van der Waals surface area contributed by atoms with E-state index in [1.54, 1.807) is 48.7 Å². The molecular formula is C22H18N2O4S. The molecule has 1 N–H and O–H groups in total. The van der Waals surface area contributed by atoms with E-state index in [2.05, 4.69) is 12.6 Å². The van der Waals surface area contributed by atoms with Crippen molar-refractivity contribution in [2.45, 2.75) is 24.2 Å². The van der Waals surface area contributed by atoms with Crippen LogP contribution in [-0.2, 0) is 14.8 Å². The van der Waals surface area contributed by atoms with E-state index in [4.69, 9.17) is 0 Å². The van der Waals surface area contributed by atoms with Crippen molar-refractivity contribution in [2.24, 2.45) is 5.92 Å². The smallest absolute Gasteiger partial charge is 0.331 e. The molecule has 6 nitrogen and oxygen atoms in total. The summed E-state index contributed by atoms with van der Waals surface area (Å²) in [6, 6.07) is 13.5. The monoisotopic (exact) mass is 406 g/mol. The zero-order valence-electron chi connectivity index (χ0n) is 15.7. The largest absolute Gasteiger partial charge is 0.478 e. The second kappa shape index (κ2) is 6.61. The van der Waals surface area contributed by atoms with Crippen LogP contribution in [0.15, 0.2) is 65.7 Å². The predicted octanol–water partition coefficient (Wildman–Crippen LogP) is 3.80. The van der Waals surface area contributed by atoms with E-state index in [0.717, 1.165) is 11.1 Å². The van der Waals surface area contributed by atoms with Crippen molar-refractivity contribution in [2.75, 3.05) is 0 Å². The molecule has 3 aromatic rings. The topological polar surface area (TPSA) is 100 Å². The number of rotatable bonds is 5. The third-order valence-electron chi connectivity index (χ3n) is 5.42. The van der Waals surface area contributed by atoms with Crippen LogP contribution in [0.3, 0.4) is 0 Å². The van der Waals surface area contributed by atoms with Crippen LogP contribution in [0, 0.1) is 24.2 Å². The summed E-state index contributed by atoms with van der Waals surface area (Å²) < 4.78 is 27.8. The van der Waals surface area contributed by atoms with Crippen LogP contribution in [0.1, 0.15) is 29.0 Å². The summed E-state index contributed by atoms with van der Waals surface area (Å²) in [6.45, 7) is 5.52. The fourth-order valence-corrected chi connectivity index (χ4v) is 5.07. The van der Waals surface area contributed by atoms with Gasteiger partial charge in [0.25, 0.3) is 10.0 Å². The predicted molar refractivity (Wildman–Crippen MR) is 108 cm³/mol. The minimum Gasteiger partial charge on any atom is -0.478 e. The first-order chi connectivity index (χ1) is 13.7. The highest BCUT2D eigenvalue weighted by molar-refractivity contribution is 7.90. The summed E-state index contributed by atoms with van der Waals surface area (Å²) in [4.78, 5) is 11.4. The molecule has 1 heterocycles. The number of benzene rings is 2. The van der Waals surface area contributed by atoms with Gasteiger partial charge < -0.3 is 5.11 Å². The summed E-state index contributed by atoms with van der Waals surface area (Å²) >= 11 is 0. The van der Waals surface area contributed by atoms with Gasteiger partial charge in [0, 0.05) is 17.2 Å². The fourth-order valence-electron chi connectivity index (χ4n) is 3.69. The Labute approximate surface area is 168 Å². The number of hydrogen-bond acceptors (Lipinski definition) is 4. The molecule has 1 aliphatic rings. The molecule has 0 saturated heterocycles. The van der Waals surface area contributed by atoms with Crippen molar-refractivity contribution in [3.05, 3.63) is 77.5 Å². The lowest BCUT2D eigenvalue weighted by Crippen LogP contribution is -2.11. The summed E-state index contributed by atoms with van der Waals surface area (Å²) in [5, 5.41) is 19.1. The maximum atomic E-state index is 13.3. The normalized spacial score (nSPS) is 18.3. The Bertz CT molecular complexity index is 1310. The molecule has 146 valence electrons. The van der Waals surface area contributed by atoms with Gasteiger partial charge in [-0.3, -0.25) is 0 Å². The summed E-state index contributed by atoms with van der Waals surface area (Å²) in [7, 11) is -3.85. The van der Waals surface area contributed by atoms with Gasteiger partial charge in [0.05, 0.1) is 22.0 Å². The van der Waals surface area contributed by atoms with E-state index in [1.807, 2.05) is 6.92 Å². The Morgan fingerprint density at radius 3 is 2.55 bits per heavy atom. The molecule has 0 unspecified atom stereocenters. The SMILES string of the molecule is C=C(C(=O)O)[C@@H]1C[C@@H]1c1cn(S(=O)(=O)c2ccc(C)cc2)c2ccc(C#N)cc12. The van der Waals surface area contributed by atoms with E-state index in [0.29, 0.717) is 22.9 Å². The molecule has 0 spiro atoms. The summed E-state index contributed by atoms with van der Waals surface area (Å²) in [6.07, 6.45) is 2.15. The average Bonchev–Trinajstić information content (AvgIpc) is 3.39. The first-order valence-corrected chi connectivity index (χ1v) is 10.5. The van der Waals surface area contributed by atoms with Crippen molar-refractivity contribution in [1.82, 2.24) is 3.97 Å². The molecule has 1 fully saturated rings. The van der Waals surface area contributed by atoms with Crippen molar-refractivity contribution in [3.8, 4) is 6.07 Å². The lowest BCUT2D eigenvalue weighted by atomic mass is 10.0. The molecule has 2 atom stereocenters. The molecule has 7 heteroatoms. The van der Waals surface area contributed by atoms with Gasteiger partial charge in [-0.1, -0.05) is 24.3 Å². The molecule has 2 aromatic carbocycles. The molecule has 1 aliphatic carbocycles. The Balaban J connectivity index is 1.88. The highest BCUT2D eigenvalue weighted by Gasteiger charge is 2.44. The lowest BCUT2D eigenvalue weighted by Gasteiger charge is -2.08. The van der Waals surface area contributed by atoms with E-state index in [1.165, 1.54) is 3.97 Å². The molecular weight excluding hydrogens is 388 g/mol. The number of carboxylic acids is 1.